The first-order chi connectivity index (χ1) is 17.0. The summed E-state index contributed by atoms with van der Waals surface area (Å²) < 4.78 is 12.1. The van der Waals surface area contributed by atoms with E-state index in [4.69, 9.17) is 9.47 Å². The second kappa shape index (κ2) is 9.99. The number of aliphatic hydroxyl groups excluding tert-OH is 1. The highest BCUT2D eigenvalue weighted by atomic mass is 16.6. The number of carbonyl (C=O) groups is 3. The summed E-state index contributed by atoms with van der Waals surface area (Å²) in [5.41, 5.74) is -2.63. The number of hydrogen-bond donors (Lipinski definition) is 1. The molecule has 3 heterocycles. The molecule has 3 rings (SSSR count). The van der Waals surface area contributed by atoms with Crippen molar-refractivity contribution < 1.29 is 29.0 Å². The van der Waals surface area contributed by atoms with Gasteiger partial charge in [-0.15, -0.1) is 6.58 Å². The quantitative estimate of drug-likeness (QED) is 0.350. The number of esters is 1. The van der Waals surface area contributed by atoms with Crippen molar-refractivity contribution in [2.75, 3.05) is 19.8 Å². The monoisotopic (exact) mass is 520 g/mol. The van der Waals surface area contributed by atoms with E-state index in [0.29, 0.717) is 19.4 Å². The summed E-state index contributed by atoms with van der Waals surface area (Å²) in [6.45, 7) is 22.1. The van der Waals surface area contributed by atoms with Crippen molar-refractivity contribution in [1.29, 1.82) is 0 Å². The van der Waals surface area contributed by atoms with E-state index in [0.717, 1.165) is 6.42 Å². The lowest BCUT2D eigenvalue weighted by molar-refractivity contribution is -0.164. The van der Waals surface area contributed by atoms with Crippen LogP contribution in [0.2, 0.25) is 0 Å². The summed E-state index contributed by atoms with van der Waals surface area (Å²) in [4.78, 5) is 45.5. The average molecular weight is 521 g/mol. The van der Waals surface area contributed by atoms with Crippen molar-refractivity contribution in [1.82, 2.24) is 9.80 Å². The number of amides is 2. The molecule has 210 valence electrons. The van der Waals surface area contributed by atoms with Crippen LogP contribution in [0.25, 0.3) is 0 Å². The van der Waals surface area contributed by atoms with Gasteiger partial charge in [0.15, 0.2) is 0 Å². The number of aliphatic hydroxyl groups is 1. The third kappa shape index (κ3) is 4.84. The highest BCUT2D eigenvalue weighted by Gasteiger charge is 2.79. The number of carbonyl (C=O) groups excluding carboxylic acids is 3. The molecule has 3 saturated heterocycles. The fourth-order valence-electron chi connectivity index (χ4n) is 7.52. The number of likely N-dealkylation sites (tertiary alicyclic amines) is 1. The molecule has 0 aromatic heterocycles. The lowest BCUT2D eigenvalue weighted by Crippen LogP contribution is -2.63. The smallest absolute Gasteiger partial charge is 0.312 e. The van der Waals surface area contributed by atoms with Gasteiger partial charge in [-0.2, -0.15) is 0 Å². The number of rotatable bonds is 10. The standard InChI is InChI=1S/C29H48N2O6/c1-11-15-30(27(8,9)17-26(5,6)7)24(34)22-29-14-13-28(10,37-29)21(25(35)36-12-2)20(29)23(33)31(22)19(16-32)18(3)4/h11,18-22,32H,1,12-17H2,2-10H3/t19-,20-,21+,22?,28-,29?/m0/s1. The molecule has 2 amide bonds. The molecule has 37 heavy (non-hydrogen) atoms. The molecule has 0 aromatic carbocycles. The van der Waals surface area contributed by atoms with Gasteiger partial charge in [0.25, 0.3) is 0 Å². The van der Waals surface area contributed by atoms with Crippen molar-refractivity contribution in [3.8, 4) is 0 Å². The van der Waals surface area contributed by atoms with Gasteiger partial charge in [0.2, 0.25) is 11.8 Å². The van der Waals surface area contributed by atoms with E-state index < -0.39 is 46.6 Å². The summed E-state index contributed by atoms with van der Waals surface area (Å²) in [7, 11) is 0. The van der Waals surface area contributed by atoms with E-state index in [9.17, 15) is 19.5 Å². The van der Waals surface area contributed by atoms with Crippen molar-refractivity contribution in [2.24, 2.45) is 23.2 Å². The first kappa shape index (κ1) is 29.6. The summed E-state index contributed by atoms with van der Waals surface area (Å²) in [5.74, 6) is -2.72. The van der Waals surface area contributed by atoms with Crippen LogP contribution in [0.4, 0.5) is 0 Å². The van der Waals surface area contributed by atoms with Crippen LogP contribution < -0.4 is 0 Å². The van der Waals surface area contributed by atoms with Gasteiger partial charge in [0.05, 0.1) is 30.8 Å². The zero-order chi connectivity index (χ0) is 28.1. The molecule has 0 saturated carbocycles. The van der Waals surface area contributed by atoms with Gasteiger partial charge in [0, 0.05) is 12.1 Å². The summed E-state index contributed by atoms with van der Waals surface area (Å²) in [6, 6.07) is -1.54. The van der Waals surface area contributed by atoms with Crippen molar-refractivity contribution >= 4 is 17.8 Å². The fourth-order valence-corrected chi connectivity index (χ4v) is 7.52. The second-order valence-electron chi connectivity index (χ2n) is 13.5. The van der Waals surface area contributed by atoms with Crippen LogP contribution in [-0.2, 0) is 23.9 Å². The number of ether oxygens (including phenoxy) is 2. The van der Waals surface area contributed by atoms with E-state index in [1.165, 1.54) is 0 Å². The summed E-state index contributed by atoms with van der Waals surface area (Å²) >= 11 is 0. The molecule has 1 N–H and O–H groups in total. The largest absolute Gasteiger partial charge is 0.466 e. The Labute approximate surface area is 222 Å². The molecule has 6 atom stereocenters. The second-order valence-corrected chi connectivity index (χ2v) is 13.5. The molecule has 8 nitrogen and oxygen atoms in total. The van der Waals surface area contributed by atoms with E-state index in [-0.39, 0.29) is 36.4 Å². The van der Waals surface area contributed by atoms with Crippen LogP contribution >= 0.6 is 0 Å². The van der Waals surface area contributed by atoms with Crippen molar-refractivity contribution in [3.63, 3.8) is 0 Å². The third-order valence-corrected chi connectivity index (χ3v) is 8.57. The predicted molar refractivity (Wildman–Crippen MR) is 141 cm³/mol. The predicted octanol–water partition coefficient (Wildman–Crippen LogP) is 3.56. The minimum Gasteiger partial charge on any atom is -0.466 e. The van der Waals surface area contributed by atoms with Crippen LogP contribution in [0.3, 0.4) is 0 Å². The minimum atomic E-state index is -1.15. The Bertz CT molecular complexity index is 924. The molecule has 3 aliphatic rings. The van der Waals surface area contributed by atoms with E-state index in [1.54, 1.807) is 22.8 Å². The maximum atomic E-state index is 14.7. The highest BCUT2D eigenvalue weighted by Crippen LogP contribution is 2.64. The molecule has 3 aliphatic heterocycles. The van der Waals surface area contributed by atoms with Gasteiger partial charge in [-0.3, -0.25) is 14.4 Å². The van der Waals surface area contributed by atoms with Gasteiger partial charge in [-0.05, 0) is 58.3 Å². The molecular formula is C29H48N2O6. The van der Waals surface area contributed by atoms with Gasteiger partial charge in [-0.25, -0.2) is 0 Å². The van der Waals surface area contributed by atoms with E-state index in [2.05, 4.69) is 27.4 Å². The Morgan fingerprint density at radius 1 is 1.27 bits per heavy atom. The topological polar surface area (TPSA) is 96.4 Å². The fraction of sp³-hybridized carbons (Fsp3) is 0.828. The molecule has 1 spiro atoms. The molecule has 3 fully saturated rings. The van der Waals surface area contributed by atoms with Crippen molar-refractivity contribution in [3.05, 3.63) is 12.7 Å². The number of nitrogens with zero attached hydrogens (tertiary/aromatic N) is 2. The summed E-state index contributed by atoms with van der Waals surface area (Å²) in [6.07, 6.45) is 3.48. The Morgan fingerprint density at radius 2 is 1.89 bits per heavy atom. The normalized spacial score (nSPS) is 32.0. The zero-order valence-corrected chi connectivity index (χ0v) is 24.3. The Kier molecular flexibility index (Phi) is 8.00. The molecule has 0 radical (unpaired) electrons. The van der Waals surface area contributed by atoms with Gasteiger partial charge in [0.1, 0.15) is 17.6 Å². The molecule has 0 aromatic rings. The Hall–Kier alpha value is -1.93. The first-order valence-electron chi connectivity index (χ1n) is 13.7. The third-order valence-electron chi connectivity index (χ3n) is 8.57. The maximum Gasteiger partial charge on any atom is 0.312 e. The summed E-state index contributed by atoms with van der Waals surface area (Å²) in [5, 5.41) is 10.4. The van der Waals surface area contributed by atoms with Crippen LogP contribution in [-0.4, -0.2) is 81.3 Å². The maximum absolute atomic E-state index is 14.7. The Morgan fingerprint density at radius 3 is 2.38 bits per heavy atom. The molecular weight excluding hydrogens is 472 g/mol. The number of hydrogen-bond acceptors (Lipinski definition) is 6. The molecule has 2 bridgehead atoms. The minimum absolute atomic E-state index is 0.0500. The van der Waals surface area contributed by atoms with Gasteiger partial charge < -0.3 is 24.4 Å². The highest BCUT2D eigenvalue weighted by molar-refractivity contribution is 5.99. The average Bonchev–Trinajstić information content (AvgIpc) is 3.31. The van der Waals surface area contributed by atoms with Crippen LogP contribution in [0.15, 0.2) is 12.7 Å². The molecule has 8 heteroatoms. The SMILES string of the molecule is C=CCN(C(=O)C1N([C@@H](CO)C(C)C)C(=O)[C@@H]2[C@H](C(=O)OCC)[C@]3(C)CCC12O3)C(C)(C)CC(C)(C)C. The Balaban J connectivity index is 2.18. The van der Waals surface area contributed by atoms with Crippen molar-refractivity contribution in [2.45, 2.75) is 110 Å². The van der Waals surface area contributed by atoms with Gasteiger partial charge >= 0.3 is 5.97 Å². The molecule has 2 unspecified atom stereocenters. The van der Waals surface area contributed by atoms with Crippen LogP contribution in [0.1, 0.15) is 81.6 Å². The lowest BCUT2D eigenvalue weighted by atomic mass is 9.66. The number of fused-ring (bicyclic) bond motifs is 1. The van der Waals surface area contributed by atoms with Crippen LogP contribution in [0, 0.1) is 23.2 Å². The zero-order valence-electron chi connectivity index (χ0n) is 24.3. The molecule has 0 aliphatic carbocycles. The van der Waals surface area contributed by atoms with E-state index in [1.807, 2.05) is 34.6 Å². The first-order valence-corrected chi connectivity index (χ1v) is 13.7. The van der Waals surface area contributed by atoms with E-state index >= 15 is 0 Å². The lowest BCUT2D eigenvalue weighted by Gasteiger charge is -2.47. The van der Waals surface area contributed by atoms with Crippen LogP contribution in [0.5, 0.6) is 0 Å². The van der Waals surface area contributed by atoms with Gasteiger partial charge in [-0.1, -0.05) is 40.7 Å².